The molecular formula is C11H19NO3. The molecule has 0 radical (unpaired) electrons. The molecule has 0 aliphatic carbocycles. The van der Waals surface area contributed by atoms with Crippen molar-refractivity contribution in [1.82, 2.24) is 4.90 Å². The van der Waals surface area contributed by atoms with Gasteiger partial charge in [0.05, 0.1) is 11.2 Å². The van der Waals surface area contributed by atoms with E-state index in [1.807, 2.05) is 27.7 Å². The Bertz CT molecular complexity index is 285. The fourth-order valence-electron chi connectivity index (χ4n) is 1.43. The molecule has 0 aromatic carbocycles. The van der Waals surface area contributed by atoms with E-state index in [0.29, 0.717) is 13.1 Å². The Morgan fingerprint density at radius 3 is 2.27 bits per heavy atom. The molecule has 1 rings (SSSR count). The lowest BCUT2D eigenvalue weighted by Crippen LogP contribution is -2.58. The lowest BCUT2D eigenvalue weighted by molar-refractivity contribution is -0.0267. The van der Waals surface area contributed by atoms with Crippen LogP contribution in [-0.2, 0) is 4.74 Å². The Kier molecular flexibility index (Phi) is 2.72. The number of ether oxygens (including phenoxy) is 1. The fourth-order valence-corrected chi connectivity index (χ4v) is 1.43. The van der Waals surface area contributed by atoms with Gasteiger partial charge < -0.3 is 14.7 Å². The van der Waals surface area contributed by atoms with Crippen LogP contribution in [0.15, 0.2) is 12.3 Å². The van der Waals surface area contributed by atoms with Gasteiger partial charge in [-0.3, -0.25) is 0 Å². The number of likely N-dealkylation sites (tertiary alicyclic amines) is 1. The van der Waals surface area contributed by atoms with E-state index in [1.165, 1.54) is 0 Å². The first kappa shape index (κ1) is 11.9. The Balaban J connectivity index is 2.46. The molecular weight excluding hydrogens is 194 g/mol. The van der Waals surface area contributed by atoms with Gasteiger partial charge in [0, 0.05) is 13.1 Å². The summed E-state index contributed by atoms with van der Waals surface area (Å²) in [5, 5.41) is 9.29. The van der Waals surface area contributed by atoms with Crippen LogP contribution in [0.25, 0.3) is 0 Å². The molecule has 86 valence electrons. The summed E-state index contributed by atoms with van der Waals surface area (Å²) >= 11 is 0. The number of nitrogens with zero attached hydrogens (tertiary/aromatic N) is 1. The van der Waals surface area contributed by atoms with Crippen molar-refractivity contribution >= 4 is 6.09 Å². The number of carbonyl (C=O) groups excluding carboxylic acids is 1. The van der Waals surface area contributed by atoms with Gasteiger partial charge >= 0.3 is 6.09 Å². The molecule has 1 N–H and O–H groups in total. The average molecular weight is 213 g/mol. The third-order valence-electron chi connectivity index (χ3n) is 2.43. The Hall–Kier alpha value is -1.19. The van der Waals surface area contributed by atoms with Gasteiger partial charge in [-0.05, 0) is 27.7 Å². The standard InChI is InChI=1S/C11H19NO3/c1-8(13)11(5)6-12(7-11)9(14)15-10(2,3)4/h13H,1,6-7H2,2-5H3. The Morgan fingerprint density at radius 1 is 1.47 bits per heavy atom. The predicted octanol–water partition coefficient (Wildman–Crippen LogP) is 2.32. The summed E-state index contributed by atoms with van der Waals surface area (Å²) in [6.07, 6.45) is -0.332. The van der Waals surface area contributed by atoms with E-state index in [0.717, 1.165) is 0 Å². The van der Waals surface area contributed by atoms with Crippen molar-refractivity contribution in [2.45, 2.75) is 33.3 Å². The third-order valence-corrected chi connectivity index (χ3v) is 2.43. The molecule has 0 bridgehead atoms. The summed E-state index contributed by atoms with van der Waals surface area (Å²) in [6.45, 7) is 11.8. The first-order chi connectivity index (χ1) is 6.64. The zero-order valence-corrected chi connectivity index (χ0v) is 9.83. The van der Waals surface area contributed by atoms with E-state index in [9.17, 15) is 9.90 Å². The number of hydrogen-bond donors (Lipinski definition) is 1. The SMILES string of the molecule is C=C(O)C1(C)CN(C(=O)OC(C)(C)C)C1. The lowest BCUT2D eigenvalue weighted by atomic mass is 9.81. The molecule has 0 unspecified atom stereocenters. The van der Waals surface area contributed by atoms with Gasteiger partial charge in [-0.25, -0.2) is 4.79 Å². The molecule has 0 atom stereocenters. The van der Waals surface area contributed by atoms with Crippen LogP contribution in [-0.4, -0.2) is 34.8 Å². The van der Waals surface area contributed by atoms with Gasteiger partial charge in [-0.2, -0.15) is 0 Å². The van der Waals surface area contributed by atoms with Crippen molar-refractivity contribution in [1.29, 1.82) is 0 Å². The van der Waals surface area contributed by atoms with Gasteiger partial charge in [0.15, 0.2) is 0 Å². The lowest BCUT2D eigenvalue weighted by Gasteiger charge is -2.47. The number of carbonyl (C=O) groups is 1. The molecule has 4 nitrogen and oxygen atoms in total. The second kappa shape index (κ2) is 3.43. The van der Waals surface area contributed by atoms with Crippen molar-refractivity contribution < 1.29 is 14.6 Å². The van der Waals surface area contributed by atoms with Crippen LogP contribution >= 0.6 is 0 Å². The highest BCUT2D eigenvalue weighted by Gasteiger charge is 2.45. The zero-order valence-electron chi connectivity index (χ0n) is 9.83. The Labute approximate surface area is 90.5 Å². The van der Waals surface area contributed by atoms with Gasteiger partial charge in [-0.15, -0.1) is 0 Å². The number of amides is 1. The van der Waals surface area contributed by atoms with Crippen LogP contribution in [0.3, 0.4) is 0 Å². The number of hydrogen-bond acceptors (Lipinski definition) is 3. The van der Waals surface area contributed by atoms with Crippen molar-refractivity contribution in [2.75, 3.05) is 13.1 Å². The molecule has 0 aromatic rings. The number of aliphatic hydroxyl groups excluding tert-OH is 1. The largest absolute Gasteiger partial charge is 0.512 e. The van der Waals surface area contributed by atoms with Crippen LogP contribution in [0.1, 0.15) is 27.7 Å². The maximum absolute atomic E-state index is 11.5. The van der Waals surface area contributed by atoms with Gasteiger partial charge in [0.25, 0.3) is 0 Å². The van der Waals surface area contributed by atoms with E-state index in [2.05, 4.69) is 6.58 Å². The zero-order chi connectivity index (χ0) is 11.9. The van der Waals surface area contributed by atoms with Crippen LogP contribution in [0.4, 0.5) is 4.79 Å². The second-order valence-corrected chi connectivity index (χ2v) is 5.34. The summed E-state index contributed by atoms with van der Waals surface area (Å²) in [4.78, 5) is 13.1. The highest BCUT2D eigenvalue weighted by Crippen LogP contribution is 2.35. The summed E-state index contributed by atoms with van der Waals surface area (Å²) < 4.78 is 5.19. The first-order valence-electron chi connectivity index (χ1n) is 5.00. The highest BCUT2D eigenvalue weighted by molar-refractivity contribution is 5.69. The van der Waals surface area contributed by atoms with Crippen LogP contribution in [0.2, 0.25) is 0 Å². The van der Waals surface area contributed by atoms with Crippen LogP contribution < -0.4 is 0 Å². The molecule has 1 fully saturated rings. The van der Waals surface area contributed by atoms with Gasteiger partial charge in [0.1, 0.15) is 5.60 Å². The van der Waals surface area contributed by atoms with E-state index in [1.54, 1.807) is 4.90 Å². The maximum Gasteiger partial charge on any atom is 0.410 e. The van der Waals surface area contributed by atoms with Crippen LogP contribution in [0, 0.1) is 5.41 Å². The number of aliphatic hydroxyl groups is 1. The molecule has 0 saturated carbocycles. The molecule has 4 heteroatoms. The predicted molar refractivity (Wildman–Crippen MR) is 57.7 cm³/mol. The third kappa shape index (κ3) is 2.64. The summed E-state index contributed by atoms with van der Waals surface area (Å²) in [7, 11) is 0. The van der Waals surface area contributed by atoms with Crippen molar-refractivity contribution in [3.63, 3.8) is 0 Å². The molecule has 1 saturated heterocycles. The van der Waals surface area contributed by atoms with Crippen molar-refractivity contribution in [3.8, 4) is 0 Å². The first-order valence-corrected chi connectivity index (χ1v) is 5.00. The van der Waals surface area contributed by atoms with E-state index >= 15 is 0 Å². The maximum atomic E-state index is 11.5. The molecule has 1 amide bonds. The summed E-state index contributed by atoms with van der Waals surface area (Å²) in [5.74, 6) is 0.127. The fraction of sp³-hybridized carbons (Fsp3) is 0.727. The van der Waals surface area contributed by atoms with E-state index in [-0.39, 0.29) is 17.3 Å². The number of rotatable bonds is 1. The average Bonchev–Trinajstić information content (AvgIpc) is 1.94. The molecule has 1 aliphatic rings. The monoisotopic (exact) mass is 213 g/mol. The smallest absolute Gasteiger partial charge is 0.410 e. The quantitative estimate of drug-likeness (QED) is 0.680. The Morgan fingerprint density at radius 2 is 1.93 bits per heavy atom. The minimum absolute atomic E-state index is 0.127. The summed E-state index contributed by atoms with van der Waals surface area (Å²) in [6, 6.07) is 0. The second-order valence-electron chi connectivity index (χ2n) is 5.34. The van der Waals surface area contributed by atoms with Crippen molar-refractivity contribution in [3.05, 3.63) is 12.3 Å². The van der Waals surface area contributed by atoms with Crippen molar-refractivity contribution in [2.24, 2.45) is 5.41 Å². The normalized spacial score (nSPS) is 19.3. The van der Waals surface area contributed by atoms with Gasteiger partial charge in [-0.1, -0.05) is 6.58 Å². The van der Waals surface area contributed by atoms with Gasteiger partial charge in [0.2, 0.25) is 0 Å². The molecule has 1 heterocycles. The molecule has 15 heavy (non-hydrogen) atoms. The summed E-state index contributed by atoms with van der Waals surface area (Å²) in [5.41, 5.74) is -0.837. The molecule has 1 aliphatic heterocycles. The topological polar surface area (TPSA) is 49.8 Å². The molecule has 0 aromatic heterocycles. The van der Waals surface area contributed by atoms with Crippen LogP contribution in [0.5, 0.6) is 0 Å². The van der Waals surface area contributed by atoms with E-state index in [4.69, 9.17) is 4.74 Å². The highest BCUT2D eigenvalue weighted by atomic mass is 16.6. The minimum Gasteiger partial charge on any atom is -0.512 e. The minimum atomic E-state index is -0.473. The van der Waals surface area contributed by atoms with E-state index < -0.39 is 5.60 Å². The molecule has 0 spiro atoms.